The Hall–Kier alpha value is -2.34. The molecule has 0 saturated heterocycles. The van der Waals surface area contributed by atoms with Gasteiger partial charge in [0.1, 0.15) is 11.6 Å². The average molecular weight is 275 g/mol. The van der Waals surface area contributed by atoms with Crippen LogP contribution < -0.4 is 10.6 Å². The van der Waals surface area contributed by atoms with Gasteiger partial charge in [0.15, 0.2) is 0 Å². The molecule has 2 heterocycles. The first-order valence-electron chi connectivity index (χ1n) is 6.29. The molecular formula is C14H17N3O3. The van der Waals surface area contributed by atoms with Crippen LogP contribution in [0.5, 0.6) is 0 Å². The second kappa shape index (κ2) is 7.30. The SMILES string of the molecule is COCCNC(=O)c1ccnc(NCc2ccco2)c1. The number of methoxy groups -OCH3 is 1. The van der Waals surface area contributed by atoms with E-state index in [2.05, 4.69) is 15.6 Å². The fourth-order valence-corrected chi connectivity index (χ4v) is 1.63. The van der Waals surface area contributed by atoms with Crippen LogP contribution >= 0.6 is 0 Å². The molecule has 106 valence electrons. The van der Waals surface area contributed by atoms with Crippen molar-refractivity contribution in [1.29, 1.82) is 0 Å². The number of hydrogen-bond acceptors (Lipinski definition) is 5. The average Bonchev–Trinajstić information content (AvgIpc) is 2.99. The molecule has 2 aromatic rings. The van der Waals surface area contributed by atoms with E-state index < -0.39 is 0 Å². The number of carbonyl (C=O) groups is 1. The second-order valence-electron chi connectivity index (χ2n) is 4.11. The minimum absolute atomic E-state index is 0.148. The summed E-state index contributed by atoms with van der Waals surface area (Å²) < 4.78 is 10.1. The largest absolute Gasteiger partial charge is 0.467 e. The first-order valence-corrected chi connectivity index (χ1v) is 6.29. The lowest BCUT2D eigenvalue weighted by molar-refractivity contribution is 0.0937. The van der Waals surface area contributed by atoms with Gasteiger partial charge in [-0.05, 0) is 24.3 Å². The molecule has 6 heteroatoms. The highest BCUT2D eigenvalue weighted by Gasteiger charge is 2.06. The van der Waals surface area contributed by atoms with Crippen molar-refractivity contribution in [3.63, 3.8) is 0 Å². The number of furan rings is 1. The molecule has 0 radical (unpaired) electrons. The van der Waals surface area contributed by atoms with Gasteiger partial charge in [-0.15, -0.1) is 0 Å². The van der Waals surface area contributed by atoms with Crippen molar-refractivity contribution in [2.24, 2.45) is 0 Å². The topological polar surface area (TPSA) is 76.4 Å². The highest BCUT2D eigenvalue weighted by Crippen LogP contribution is 2.09. The molecule has 2 N–H and O–H groups in total. The highest BCUT2D eigenvalue weighted by atomic mass is 16.5. The molecule has 0 aliphatic carbocycles. The van der Waals surface area contributed by atoms with Crippen LogP contribution in [-0.2, 0) is 11.3 Å². The van der Waals surface area contributed by atoms with Gasteiger partial charge < -0.3 is 19.8 Å². The Morgan fingerprint density at radius 3 is 3.10 bits per heavy atom. The zero-order valence-electron chi connectivity index (χ0n) is 11.3. The lowest BCUT2D eigenvalue weighted by Gasteiger charge is -2.07. The number of rotatable bonds is 7. The number of nitrogens with zero attached hydrogens (tertiary/aromatic N) is 1. The van der Waals surface area contributed by atoms with Gasteiger partial charge >= 0.3 is 0 Å². The van der Waals surface area contributed by atoms with Crippen molar-refractivity contribution in [2.75, 3.05) is 25.6 Å². The van der Waals surface area contributed by atoms with E-state index in [1.807, 2.05) is 12.1 Å². The fraction of sp³-hybridized carbons (Fsp3) is 0.286. The van der Waals surface area contributed by atoms with Crippen LogP contribution in [0, 0.1) is 0 Å². The van der Waals surface area contributed by atoms with Crippen molar-refractivity contribution < 1.29 is 13.9 Å². The first-order chi connectivity index (χ1) is 9.79. The third kappa shape index (κ3) is 4.10. The zero-order valence-corrected chi connectivity index (χ0v) is 11.3. The number of nitrogens with one attached hydrogen (secondary N) is 2. The zero-order chi connectivity index (χ0) is 14.2. The number of aromatic nitrogens is 1. The molecule has 2 aromatic heterocycles. The van der Waals surface area contributed by atoms with Crippen molar-refractivity contribution in [3.05, 3.63) is 48.0 Å². The predicted octanol–water partition coefficient (Wildman–Crippen LogP) is 1.66. The third-order valence-electron chi connectivity index (χ3n) is 2.64. The maximum atomic E-state index is 11.9. The predicted molar refractivity (Wildman–Crippen MR) is 74.5 cm³/mol. The van der Waals surface area contributed by atoms with Crippen LogP contribution in [0.15, 0.2) is 41.1 Å². The smallest absolute Gasteiger partial charge is 0.251 e. The maximum absolute atomic E-state index is 11.9. The maximum Gasteiger partial charge on any atom is 0.251 e. The van der Waals surface area contributed by atoms with E-state index in [9.17, 15) is 4.79 Å². The monoisotopic (exact) mass is 275 g/mol. The first kappa shape index (κ1) is 14.1. The van der Waals surface area contributed by atoms with E-state index in [1.54, 1.807) is 31.7 Å². The lowest BCUT2D eigenvalue weighted by Crippen LogP contribution is -2.27. The van der Waals surface area contributed by atoms with Crippen LogP contribution in [0.3, 0.4) is 0 Å². The molecule has 0 saturated carbocycles. The lowest BCUT2D eigenvalue weighted by atomic mass is 10.2. The Balaban J connectivity index is 1.91. The molecule has 0 spiro atoms. The molecule has 0 atom stereocenters. The molecule has 0 unspecified atom stereocenters. The molecule has 0 aliphatic rings. The minimum atomic E-state index is -0.148. The Kier molecular flexibility index (Phi) is 5.14. The Morgan fingerprint density at radius 1 is 1.45 bits per heavy atom. The van der Waals surface area contributed by atoms with E-state index in [1.165, 1.54) is 0 Å². The summed E-state index contributed by atoms with van der Waals surface area (Å²) in [5.74, 6) is 1.29. The van der Waals surface area contributed by atoms with Gasteiger partial charge in [-0.2, -0.15) is 0 Å². The quantitative estimate of drug-likeness (QED) is 0.752. The second-order valence-corrected chi connectivity index (χ2v) is 4.11. The Labute approximate surface area is 117 Å². The summed E-state index contributed by atoms with van der Waals surface area (Å²) >= 11 is 0. The van der Waals surface area contributed by atoms with Gasteiger partial charge in [0, 0.05) is 25.4 Å². The number of ether oxygens (including phenoxy) is 1. The van der Waals surface area contributed by atoms with Crippen molar-refractivity contribution in [1.82, 2.24) is 10.3 Å². The van der Waals surface area contributed by atoms with E-state index in [0.717, 1.165) is 5.76 Å². The van der Waals surface area contributed by atoms with Gasteiger partial charge in [0.25, 0.3) is 5.91 Å². The molecule has 20 heavy (non-hydrogen) atoms. The molecule has 1 amide bonds. The minimum Gasteiger partial charge on any atom is -0.467 e. The highest BCUT2D eigenvalue weighted by molar-refractivity contribution is 5.94. The van der Waals surface area contributed by atoms with E-state index in [0.29, 0.717) is 31.1 Å². The molecule has 6 nitrogen and oxygen atoms in total. The molecule has 0 aromatic carbocycles. The number of anilines is 1. The summed E-state index contributed by atoms with van der Waals surface area (Å²) in [4.78, 5) is 16.0. The van der Waals surface area contributed by atoms with Crippen LogP contribution in [-0.4, -0.2) is 31.2 Å². The Bertz CT molecular complexity index is 540. The van der Waals surface area contributed by atoms with Gasteiger partial charge in [0.2, 0.25) is 0 Å². The normalized spacial score (nSPS) is 10.2. The summed E-state index contributed by atoms with van der Waals surface area (Å²) in [6, 6.07) is 7.06. The summed E-state index contributed by atoms with van der Waals surface area (Å²) in [7, 11) is 1.59. The number of amides is 1. The van der Waals surface area contributed by atoms with E-state index in [4.69, 9.17) is 9.15 Å². The number of hydrogen-bond donors (Lipinski definition) is 2. The van der Waals surface area contributed by atoms with Gasteiger partial charge in [-0.3, -0.25) is 4.79 Å². The molecular weight excluding hydrogens is 258 g/mol. The molecule has 0 aliphatic heterocycles. The van der Waals surface area contributed by atoms with E-state index >= 15 is 0 Å². The Morgan fingerprint density at radius 2 is 2.35 bits per heavy atom. The molecule has 0 fully saturated rings. The molecule has 0 bridgehead atoms. The van der Waals surface area contributed by atoms with Crippen molar-refractivity contribution in [2.45, 2.75) is 6.54 Å². The summed E-state index contributed by atoms with van der Waals surface area (Å²) in [6.45, 7) is 1.49. The van der Waals surface area contributed by atoms with Gasteiger partial charge in [-0.25, -0.2) is 4.98 Å². The van der Waals surface area contributed by atoms with Crippen LogP contribution in [0.4, 0.5) is 5.82 Å². The van der Waals surface area contributed by atoms with Gasteiger partial charge in [-0.1, -0.05) is 0 Å². The third-order valence-corrected chi connectivity index (χ3v) is 2.64. The molecule has 2 rings (SSSR count). The summed E-state index contributed by atoms with van der Waals surface area (Å²) in [5.41, 5.74) is 0.554. The summed E-state index contributed by atoms with van der Waals surface area (Å²) in [6.07, 6.45) is 3.21. The van der Waals surface area contributed by atoms with Crippen molar-refractivity contribution in [3.8, 4) is 0 Å². The van der Waals surface area contributed by atoms with Crippen LogP contribution in [0.1, 0.15) is 16.1 Å². The van der Waals surface area contributed by atoms with Gasteiger partial charge in [0.05, 0.1) is 19.4 Å². The standard InChI is InChI=1S/C14H17N3O3/c1-19-8-6-16-14(18)11-4-5-15-13(9-11)17-10-12-3-2-7-20-12/h2-5,7,9H,6,8,10H2,1H3,(H,15,17)(H,16,18). The number of carbonyl (C=O) groups excluding carboxylic acids is 1. The van der Waals surface area contributed by atoms with E-state index in [-0.39, 0.29) is 5.91 Å². The van der Waals surface area contributed by atoms with Crippen LogP contribution in [0.25, 0.3) is 0 Å². The summed E-state index contributed by atoms with van der Waals surface area (Å²) in [5, 5.41) is 5.86. The van der Waals surface area contributed by atoms with Crippen LogP contribution in [0.2, 0.25) is 0 Å². The van der Waals surface area contributed by atoms with Crippen molar-refractivity contribution >= 4 is 11.7 Å². The fourth-order valence-electron chi connectivity index (χ4n) is 1.63. The number of pyridine rings is 1.